The van der Waals surface area contributed by atoms with Crippen molar-refractivity contribution in [3.05, 3.63) is 41.6 Å². The highest BCUT2D eigenvalue weighted by atomic mass is 16.5. The van der Waals surface area contributed by atoms with Gasteiger partial charge in [-0.15, -0.1) is 0 Å². The third-order valence-corrected chi connectivity index (χ3v) is 5.23. The van der Waals surface area contributed by atoms with Gasteiger partial charge in [0, 0.05) is 24.4 Å². The number of aliphatic hydroxyl groups is 1. The summed E-state index contributed by atoms with van der Waals surface area (Å²) in [5.74, 6) is 0.828. The highest BCUT2D eigenvalue weighted by Crippen LogP contribution is 2.34. The van der Waals surface area contributed by atoms with Crippen LogP contribution in [0.15, 0.2) is 24.8 Å². The average molecular weight is 397 g/mol. The zero-order chi connectivity index (χ0) is 20.6. The number of amides is 1. The van der Waals surface area contributed by atoms with Crippen LogP contribution in [0.1, 0.15) is 34.5 Å². The van der Waals surface area contributed by atoms with E-state index in [1.807, 2.05) is 17.6 Å². The Morgan fingerprint density at radius 2 is 2.07 bits per heavy atom. The van der Waals surface area contributed by atoms with Crippen LogP contribution in [-0.2, 0) is 6.54 Å². The fourth-order valence-electron chi connectivity index (χ4n) is 3.21. The van der Waals surface area contributed by atoms with Crippen LogP contribution in [0.2, 0.25) is 0 Å². The van der Waals surface area contributed by atoms with Crippen molar-refractivity contribution >= 4 is 16.9 Å². The molecular formula is C20H23N5O4. The molecule has 4 rings (SSSR count). The lowest BCUT2D eigenvalue weighted by atomic mass is 10.2. The molecule has 3 heterocycles. The summed E-state index contributed by atoms with van der Waals surface area (Å²) >= 11 is 0. The second-order valence-corrected chi connectivity index (χ2v) is 7.28. The number of nitrogens with one attached hydrogen (secondary N) is 1. The van der Waals surface area contributed by atoms with E-state index in [0.717, 1.165) is 16.8 Å². The zero-order valence-electron chi connectivity index (χ0n) is 16.6. The van der Waals surface area contributed by atoms with Crippen LogP contribution in [0.5, 0.6) is 11.6 Å². The Kier molecular flexibility index (Phi) is 4.83. The van der Waals surface area contributed by atoms with Crippen LogP contribution in [0.25, 0.3) is 11.0 Å². The second-order valence-electron chi connectivity index (χ2n) is 7.28. The van der Waals surface area contributed by atoms with Crippen LogP contribution < -0.4 is 14.8 Å². The molecule has 0 radical (unpaired) electrons. The standard InChI is InChI=1S/C20H23N5O4/c1-12-15(23-11-24-19(12)29-3)9-25-8-14(18(26)22-10-20(27)4-5-20)17-16(25)6-13(28-2)7-21-17/h6-8,11,27H,4-5,9-10H2,1-3H3,(H,22,26). The van der Waals surface area contributed by atoms with Gasteiger partial charge in [0.1, 0.15) is 17.6 Å². The Bertz CT molecular complexity index is 1070. The van der Waals surface area contributed by atoms with Gasteiger partial charge in [0.05, 0.1) is 49.3 Å². The van der Waals surface area contributed by atoms with Gasteiger partial charge in [0.2, 0.25) is 5.88 Å². The van der Waals surface area contributed by atoms with Crippen LogP contribution in [-0.4, -0.2) is 56.9 Å². The normalized spacial score (nSPS) is 14.6. The summed E-state index contributed by atoms with van der Waals surface area (Å²) < 4.78 is 12.5. The molecule has 1 amide bonds. The fraction of sp³-hybridized carbons (Fsp3) is 0.400. The molecular weight excluding hydrogens is 374 g/mol. The molecule has 0 spiro atoms. The second kappa shape index (κ2) is 7.32. The minimum Gasteiger partial charge on any atom is -0.495 e. The minimum atomic E-state index is -0.765. The van der Waals surface area contributed by atoms with Crippen molar-refractivity contribution in [2.75, 3.05) is 20.8 Å². The Hall–Kier alpha value is -3.20. The first kappa shape index (κ1) is 19.1. The molecule has 1 saturated carbocycles. The number of methoxy groups -OCH3 is 2. The van der Waals surface area contributed by atoms with Crippen molar-refractivity contribution < 1.29 is 19.4 Å². The average Bonchev–Trinajstić information content (AvgIpc) is 3.37. The van der Waals surface area contributed by atoms with Crippen LogP contribution in [0.3, 0.4) is 0 Å². The summed E-state index contributed by atoms with van der Waals surface area (Å²) in [6.45, 7) is 2.53. The Morgan fingerprint density at radius 1 is 1.28 bits per heavy atom. The molecule has 152 valence electrons. The molecule has 0 atom stereocenters. The van der Waals surface area contributed by atoms with Crippen LogP contribution >= 0.6 is 0 Å². The molecule has 29 heavy (non-hydrogen) atoms. The number of rotatable bonds is 7. The third-order valence-electron chi connectivity index (χ3n) is 5.23. The predicted molar refractivity (Wildman–Crippen MR) is 105 cm³/mol. The number of hydrogen-bond donors (Lipinski definition) is 2. The molecule has 1 aliphatic rings. The number of carbonyl (C=O) groups is 1. The number of carbonyl (C=O) groups excluding carboxylic acids is 1. The van der Waals surface area contributed by atoms with E-state index in [4.69, 9.17) is 9.47 Å². The molecule has 9 nitrogen and oxygen atoms in total. The monoisotopic (exact) mass is 397 g/mol. The smallest absolute Gasteiger partial charge is 0.255 e. The molecule has 3 aromatic rings. The maximum atomic E-state index is 12.8. The summed E-state index contributed by atoms with van der Waals surface area (Å²) in [4.78, 5) is 25.7. The molecule has 2 N–H and O–H groups in total. The minimum absolute atomic E-state index is 0.233. The van der Waals surface area contributed by atoms with Crippen LogP contribution in [0, 0.1) is 6.92 Å². The molecule has 0 aromatic carbocycles. The van der Waals surface area contributed by atoms with E-state index in [1.54, 1.807) is 26.6 Å². The van der Waals surface area contributed by atoms with Crippen molar-refractivity contribution in [2.24, 2.45) is 0 Å². The maximum Gasteiger partial charge on any atom is 0.255 e. The lowest BCUT2D eigenvalue weighted by Crippen LogP contribution is -2.33. The van der Waals surface area contributed by atoms with Crippen molar-refractivity contribution in [1.82, 2.24) is 24.8 Å². The number of pyridine rings is 1. The Balaban J connectivity index is 1.72. The van der Waals surface area contributed by atoms with Gasteiger partial charge in [0.25, 0.3) is 5.91 Å². The molecule has 3 aromatic heterocycles. The molecule has 1 aliphatic carbocycles. The van der Waals surface area contributed by atoms with Gasteiger partial charge < -0.3 is 24.5 Å². The highest BCUT2D eigenvalue weighted by molar-refractivity contribution is 6.05. The SMILES string of the molecule is COc1cnc2c(C(=O)NCC3(O)CC3)cn(Cc3ncnc(OC)c3C)c2c1. The summed E-state index contributed by atoms with van der Waals surface area (Å²) in [6.07, 6.45) is 6.20. The lowest BCUT2D eigenvalue weighted by molar-refractivity contribution is 0.0897. The van der Waals surface area contributed by atoms with E-state index in [1.165, 1.54) is 6.33 Å². The first-order valence-electron chi connectivity index (χ1n) is 9.32. The molecule has 0 unspecified atom stereocenters. The van der Waals surface area contributed by atoms with Crippen molar-refractivity contribution in [1.29, 1.82) is 0 Å². The molecule has 9 heteroatoms. The predicted octanol–water partition coefficient (Wildman–Crippen LogP) is 1.45. The van der Waals surface area contributed by atoms with E-state index in [2.05, 4.69) is 20.3 Å². The van der Waals surface area contributed by atoms with Gasteiger partial charge in [0.15, 0.2) is 0 Å². The van der Waals surface area contributed by atoms with E-state index in [-0.39, 0.29) is 12.5 Å². The van der Waals surface area contributed by atoms with Gasteiger partial charge >= 0.3 is 0 Å². The number of nitrogens with zero attached hydrogens (tertiary/aromatic N) is 4. The summed E-state index contributed by atoms with van der Waals surface area (Å²) in [5.41, 5.74) is 2.58. The van der Waals surface area contributed by atoms with Gasteiger partial charge in [-0.2, -0.15) is 0 Å². The highest BCUT2D eigenvalue weighted by Gasteiger charge is 2.40. The largest absolute Gasteiger partial charge is 0.495 e. The quantitative estimate of drug-likeness (QED) is 0.621. The van der Waals surface area contributed by atoms with Gasteiger partial charge in [-0.05, 0) is 19.8 Å². The van der Waals surface area contributed by atoms with Gasteiger partial charge in [-0.1, -0.05) is 0 Å². The van der Waals surface area contributed by atoms with E-state index in [0.29, 0.717) is 42.1 Å². The van der Waals surface area contributed by atoms with Crippen molar-refractivity contribution in [3.8, 4) is 11.6 Å². The summed E-state index contributed by atoms with van der Waals surface area (Å²) in [7, 11) is 3.13. The zero-order valence-corrected chi connectivity index (χ0v) is 16.6. The summed E-state index contributed by atoms with van der Waals surface area (Å²) in [6, 6.07) is 1.83. The third kappa shape index (κ3) is 3.73. The first-order chi connectivity index (χ1) is 13.9. The summed E-state index contributed by atoms with van der Waals surface area (Å²) in [5, 5.41) is 12.8. The Morgan fingerprint density at radius 3 is 2.76 bits per heavy atom. The molecule has 0 bridgehead atoms. The van der Waals surface area contributed by atoms with Crippen molar-refractivity contribution in [2.45, 2.75) is 31.9 Å². The Labute approximate surface area is 167 Å². The van der Waals surface area contributed by atoms with Crippen molar-refractivity contribution in [3.63, 3.8) is 0 Å². The van der Waals surface area contributed by atoms with Gasteiger partial charge in [-0.25, -0.2) is 15.0 Å². The molecule has 0 saturated heterocycles. The fourth-order valence-corrected chi connectivity index (χ4v) is 3.21. The lowest BCUT2D eigenvalue weighted by Gasteiger charge is -2.10. The number of aromatic nitrogens is 4. The van der Waals surface area contributed by atoms with E-state index in [9.17, 15) is 9.90 Å². The number of hydrogen-bond acceptors (Lipinski definition) is 7. The van der Waals surface area contributed by atoms with Crippen LogP contribution in [0.4, 0.5) is 0 Å². The number of ether oxygens (including phenoxy) is 2. The van der Waals surface area contributed by atoms with E-state index >= 15 is 0 Å². The first-order valence-corrected chi connectivity index (χ1v) is 9.32. The van der Waals surface area contributed by atoms with Gasteiger partial charge in [-0.3, -0.25) is 4.79 Å². The number of fused-ring (bicyclic) bond motifs is 1. The topological polar surface area (TPSA) is 111 Å². The van der Waals surface area contributed by atoms with E-state index < -0.39 is 5.60 Å². The maximum absolute atomic E-state index is 12.8. The molecule has 1 fully saturated rings. The molecule has 0 aliphatic heterocycles.